The Labute approximate surface area is 91.0 Å². The lowest BCUT2D eigenvalue weighted by Crippen LogP contribution is -2.00. The maximum atomic E-state index is 11.7. The van der Waals surface area contributed by atoms with E-state index in [1.807, 2.05) is 35.2 Å². The van der Waals surface area contributed by atoms with Crippen LogP contribution in [-0.2, 0) is 6.42 Å². The van der Waals surface area contributed by atoms with Crippen molar-refractivity contribution in [1.82, 2.24) is 0 Å². The maximum absolute atomic E-state index is 11.7. The number of hydrogen-bond acceptors (Lipinski definition) is 3. The van der Waals surface area contributed by atoms with Crippen LogP contribution < -0.4 is 0 Å². The minimum Gasteiger partial charge on any atom is -0.294 e. The molecule has 0 saturated heterocycles. The van der Waals surface area contributed by atoms with Gasteiger partial charge in [0, 0.05) is 22.2 Å². The predicted octanol–water partition coefficient (Wildman–Crippen LogP) is 3.54. The van der Waals surface area contributed by atoms with E-state index in [-0.39, 0.29) is 5.78 Å². The van der Waals surface area contributed by atoms with Gasteiger partial charge in [-0.1, -0.05) is 0 Å². The highest BCUT2D eigenvalue weighted by molar-refractivity contribution is 7.10. The number of carbonyl (C=O) groups excluding carboxylic acids is 1. The van der Waals surface area contributed by atoms with Gasteiger partial charge < -0.3 is 0 Å². The van der Waals surface area contributed by atoms with Crippen LogP contribution in [0.2, 0.25) is 0 Å². The van der Waals surface area contributed by atoms with Crippen molar-refractivity contribution in [2.75, 3.05) is 0 Å². The van der Waals surface area contributed by atoms with E-state index in [0.717, 1.165) is 11.1 Å². The van der Waals surface area contributed by atoms with Gasteiger partial charge in [0.25, 0.3) is 0 Å². The van der Waals surface area contributed by atoms with Gasteiger partial charge in [0.15, 0.2) is 5.78 Å². The van der Waals surface area contributed by atoms with E-state index in [4.69, 9.17) is 0 Å². The molecule has 1 nitrogen and oxygen atoms in total. The van der Waals surface area contributed by atoms with Crippen molar-refractivity contribution in [3.63, 3.8) is 0 Å². The third-order valence-corrected chi connectivity index (χ3v) is 3.59. The second kappa shape index (κ2) is 4.07. The molecular weight excluding hydrogens is 212 g/mol. The van der Waals surface area contributed by atoms with Crippen LogP contribution in [0.3, 0.4) is 0 Å². The molecule has 0 radical (unpaired) electrons. The van der Waals surface area contributed by atoms with E-state index in [1.165, 1.54) is 4.88 Å². The topological polar surface area (TPSA) is 17.1 Å². The molecule has 0 bridgehead atoms. The molecule has 3 heteroatoms. The third kappa shape index (κ3) is 2.11. The Hall–Kier alpha value is -0.930. The zero-order valence-electron chi connectivity index (χ0n) is 7.82. The fourth-order valence-corrected chi connectivity index (χ4v) is 2.65. The van der Waals surface area contributed by atoms with Crippen molar-refractivity contribution in [2.45, 2.75) is 13.3 Å². The summed E-state index contributed by atoms with van der Waals surface area (Å²) in [5.41, 5.74) is 1.96. The molecule has 0 aromatic carbocycles. The van der Waals surface area contributed by atoms with Crippen LogP contribution in [0, 0.1) is 6.92 Å². The standard InChI is InChI=1S/C11H10OS2/c1-8-4-10(7-14-8)11(12)5-9-2-3-13-6-9/h2-4,6-7H,5H2,1H3. The summed E-state index contributed by atoms with van der Waals surface area (Å²) in [6, 6.07) is 3.96. The Kier molecular flexibility index (Phi) is 2.79. The van der Waals surface area contributed by atoms with Crippen LogP contribution in [0.25, 0.3) is 0 Å². The van der Waals surface area contributed by atoms with Crippen LogP contribution in [0.4, 0.5) is 0 Å². The number of carbonyl (C=O) groups is 1. The number of aryl methyl sites for hydroxylation is 1. The Morgan fingerprint density at radius 2 is 2.29 bits per heavy atom. The molecule has 0 fully saturated rings. The lowest BCUT2D eigenvalue weighted by molar-refractivity contribution is 0.0993. The normalized spacial score (nSPS) is 10.4. The zero-order valence-corrected chi connectivity index (χ0v) is 9.45. The molecule has 2 rings (SSSR count). The molecule has 0 atom stereocenters. The Bertz CT molecular complexity index is 426. The first-order valence-corrected chi connectivity index (χ1v) is 6.17. The van der Waals surface area contributed by atoms with Gasteiger partial charge in [-0.25, -0.2) is 0 Å². The first-order chi connectivity index (χ1) is 6.75. The monoisotopic (exact) mass is 222 g/mol. The van der Waals surface area contributed by atoms with Crippen LogP contribution in [0.5, 0.6) is 0 Å². The second-order valence-corrected chi connectivity index (χ2v) is 5.07. The van der Waals surface area contributed by atoms with Crippen molar-refractivity contribution in [1.29, 1.82) is 0 Å². The van der Waals surface area contributed by atoms with Crippen molar-refractivity contribution in [3.8, 4) is 0 Å². The third-order valence-electron chi connectivity index (χ3n) is 2.00. The van der Waals surface area contributed by atoms with Gasteiger partial charge in [-0.3, -0.25) is 4.79 Å². The molecule has 0 aliphatic carbocycles. The average molecular weight is 222 g/mol. The van der Waals surface area contributed by atoms with Crippen LogP contribution >= 0.6 is 22.7 Å². The summed E-state index contributed by atoms with van der Waals surface area (Å²) in [7, 11) is 0. The molecule has 0 saturated carbocycles. The summed E-state index contributed by atoms with van der Waals surface area (Å²) in [6.45, 7) is 2.02. The lowest BCUT2D eigenvalue weighted by atomic mass is 10.1. The molecule has 2 aromatic rings. The Morgan fingerprint density at radius 1 is 1.43 bits per heavy atom. The highest BCUT2D eigenvalue weighted by Gasteiger charge is 2.08. The predicted molar refractivity (Wildman–Crippen MR) is 61.4 cm³/mol. The van der Waals surface area contributed by atoms with Gasteiger partial charge >= 0.3 is 0 Å². The van der Waals surface area contributed by atoms with E-state index in [9.17, 15) is 4.79 Å². The molecule has 0 aliphatic heterocycles. The highest BCUT2D eigenvalue weighted by atomic mass is 32.1. The van der Waals surface area contributed by atoms with Gasteiger partial charge in [-0.15, -0.1) is 11.3 Å². The molecule has 0 unspecified atom stereocenters. The van der Waals surface area contributed by atoms with Gasteiger partial charge in [0.1, 0.15) is 0 Å². The number of thiophene rings is 2. The van der Waals surface area contributed by atoms with E-state index in [1.54, 1.807) is 22.7 Å². The van der Waals surface area contributed by atoms with Crippen molar-refractivity contribution >= 4 is 28.5 Å². The Morgan fingerprint density at radius 3 is 2.86 bits per heavy atom. The molecule has 2 heterocycles. The Balaban J connectivity index is 2.10. The largest absolute Gasteiger partial charge is 0.294 e. The molecule has 0 aliphatic rings. The molecule has 0 amide bonds. The number of Topliss-reactive ketones (excluding diaryl/α,β-unsaturated/α-hetero) is 1. The zero-order chi connectivity index (χ0) is 9.97. The lowest BCUT2D eigenvalue weighted by Gasteiger charge is -1.94. The highest BCUT2D eigenvalue weighted by Crippen LogP contribution is 2.16. The summed E-state index contributed by atoms with van der Waals surface area (Å²) in [6.07, 6.45) is 0.527. The molecule has 2 aromatic heterocycles. The smallest absolute Gasteiger partial charge is 0.168 e. The summed E-state index contributed by atoms with van der Waals surface area (Å²) in [5.74, 6) is 0.216. The van der Waals surface area contributed by atoms with Gasteiger partial charge in [-0.2, -0.15) is 11.3 Å². The SMILES string of the molecule is Cc1cc(C(=O)Cc2ccsc2)cs1. The van der Waals surface area contributed by atoms with E-state index in [2.05, 4.69) is 0 Å². The summed E-state index contributed by atoms with van der Waals surface area (Å²) < 4.78 is 0. The molecule has 72 valence electrons. The van der Waals surface area contributed by atoms with Crippen molar-refractivity contribution < 1.29 is 4.79 Å². The quantitative estimate of drug-likeness (QED) is 0.726. The number of rotatable bonds is 3. The molecule has 14 heavy (non-hydrogen) atoms. The van der Waals surface area contributed by atoms with Crippen molar-refractivity contribution in [2.24, 2.45) is 0 Å². The first kappa shape index (κ1) is 9.62. The minimum atomic E-state index is 0.216. The molecule has 0 spiro atoms. The van der Waals surface area contributed by atoms with Gasteiger partial charge in [-0.05, 0) is 35.4 Å². The summed E-state index contributed by atoms with van der Waals surface area (Å²) in [5, 5.41) is 5.96. The molecular formula is C11H10OS2. The average Bonchev–Trinajstić information content (AvgIpc) is 2.75. The number of hydrogen-bond donors (Lipinski definition) is 0. The summed E-state index contributed by atoms with van der Waals surface area (Å²) in [4.78, 5) is 12.9. The minimum absolute atomic E-state index is 0.216. The van der Waals surface area contributed by atoms with Gasteiger partial charge in [0.05, 0.1) is 0 Å². The summed E-state index contributed by atoms with van der Waals surface area (Å²) >= 11 is 3.26. The second-order valence-electron chi connectivity index (χ2n) is 3.18. The van der Waals surface area contributed by atoms with Crippen LogP contribution in [0.1, 0.15) is 20.8 Å². The number of ketones is 1. The van der Waals surface area contributed by atoms with Gasteiger partial charge in [0.2, 0.25) is 0 Å². The van der Waals surface area contributed by atoms with E-state index < -0.39 is 0 Å². The van der Waals surface area contributed by atoms with Crippen LogP contribution in [0.15, 0.2) is 28.3 Å². The van der Waals surface area contributed by atoms with E-state index >= 15 is 0 Å². The fourth-order valence-electron chi connectivity index (χ4n) is 1.27. The van der Waals surface area contributed by atoms with Crippen LogP contribution in [-0.4, -0.2) is 5.78 Å². The molecule has 0 N–H and O–H groups in total. The first-order valence-electron chi connectivity index (χ1n) is 4.35. The van der Waals surface area contributed by atoms with E-state index in [0.29, 0.717) is 6.42 Å². The fraction of sp³-hybridized carbons (Fsp3) is 0.182. The maximum Gasteiger partial charge on any atom is 0.168 e. The van der Waals surface area contributed by atoms with Crippen molar-refractivity contribution in [3.05, 3.63) is 44.3 Å².